The number of hydrogen-bond acceptors (Lipinski definition) is 1. The molecule has 122 valence electrons. The highest BCUT2D eigenvalue weighted by Gasteiger charge is 2.11. The van der Waals surface area contributed by atoms with Crippen LogP contribution < -0.4 is 0 Å². The fourth-order valence-corrected chi connectivity index (χ4v) is 3.29. The van der Waals surface area contributed by atoms with Gasteiger partial charge in [0, 0.05) is 34.2 Å². The third-order valence-corrected chi connectivity index (χ3v) is 4.48. The zero-order valence-corrected chi connectivity index (χ0v) is 14.5. The average molecular weight is 360 g/mol. The molecule has 3 nitrogen and oxygen atoms in total. The maximum absolute atomic E-state index is 10.8. The molecule has 0 unspecified atom stereocenters. The van der Waals surface area contributed by atoms with E-state index in [0.717, 1.165) is 33.7 Å². The summed E-state index contributed by atoms with van der Waals surface area (Å²) in [6.07, 6.45) is 4.81. The molecule has 1 aromatic heterocycles. The predicted octanol–water partition coefficient (Wildman–Crippen LogP) is 5.40. The molecule has 0 bridgehead atoms. The lowest BCUT2D eigenvalue weighted by molar-refractivity contribution is -0.131. The molecule has 0 atom stereocenters. The van der Waals surface area contributed by atoms with Crippen LogP contribution in [0.3, 0.4) is 0 Å². The predicted molar refractivity (Wildman–Crippen MR) is 98.9 cm³/mol. The topological polar surface area (TPSA) is 42.2 Å². The number of benzene rings is 2. The smallest absolute Gasteiger partial charge is 0.328 e. The Morgan fingerprint density at radius 1 is 1.25 bits per heavy atom. The van der Waals surface area contributed by atoms with Crippen molar-refractivity contribution in [1.82, 2.24) is 4.57 Å². The van der Waals surface area contributed by atoms with Crippen molar-refractivity contribution >= 4 is 46.2 Å². The van der Waals surface area contributed by atoms with Crippen LogP contribution in [0.5, 0.6) is 0 Å². The lowest BCUT2D eigenvalue weighted by Gasteiger charge is -2.10. The summed E-state index contributed by atoms with van der Waals surface area (Å²) in [5.41, 5.74) is 3.92. The van der Waals surface area contributed by atoms with Gasteiger partial charge in [0.05, 0.1) is 5.52 Å². The summed E-state index contributed by atoms with van der Waals surface area (Å²) >= 11 is 12.2. The van der Waals surface area contributed by atoms with Gasteiger partial charge in [0.1, 0.15) is 0 Å². The second-order valence-electron chi connectivity index (χ2n) is 5.59. The fourth-order valence-electron chi connectivity index (χ4n) is 2.82. The Bertz CT molecular complexity index is 957. The standard InChI is InChI=1S/C19H15Cl2NO2/c1-12-10-22(11-14-5-7-15(20)9-17(14)21)19-13(6-8-18(23)24)3-2-4-16(12)19/h2-10H,11H2,1H3,(H,23,24)/b8-6+. The number of nitrogens with zero attached hydrogens (tertiary/aromatic N) is 1. The van der Waals surface area contributed by atoms with Crippen LogP contribution in [0.1, 0.15) is 16.7 Å². The Morgan fingerprint density at radius 3 is 2.75 bits per heavy atom. The Balaban J connectivity index is 2.12. The van der Waals surface area contributed by atoms with Crippen molar-refractivity contribution < 1.29 is 9.90 Å². The van der Waals surface area contributed by atoms with Gasteiger partial charge < -0.3 is 9.67 Å². The number of rotatable bonds is 4. The van der Waals surface area contributed by atoms with Crippen LogP contribution in [0.25, 0.3) is 17.0 Å². The van der Waals surface area contributed by atoms with Gasteiger partial charge in [0.2, 0.25) is 0 Å². The van der Waals surface area contributed by atoms with Crippen LogP contribution in [0.15, 0.2) is 48.7 Å². The van der Waals surface area contributed by atoms with Crippen molar-refractivity contribution in [2.24, 2.45) is 0 Å². The first-order chi connectivity index (χ1) is 11.5. The molecule has 0 aliphatic heterocycles. The highest BCUT2D eigenvalue weighted by Crippen LogP contribution is 2.28. The van der Waals surface area contributed by atoms with Crippen LogP contribution in [-0.2, 0) is 11.3 Å². The number of halogens is 2. The van der Waals surface area contributed by atoms with Gasteiger partial charge in [-0.3, -0.25) is 0 Å². The largest absolute Gasteiger partial charge is 0.478 e. The van der Waals surface area contributed by atoms with Gasteiger partial charge in [0.25, 0.3) is 0 Å². The number of aliphatic carboxylic acids is 1. The van der Waals surface area contributed by atoms with E-state index in [0.29, 0.717) is 16.6 Å². The highest BCUT2D eigenvalue weighted by molar-refractivity contribution is 6.35. The molecule has 2 aromatic carbocycles. The van der Waals surface area contributed by atoms with Crippen LogP contribution in [0.2, 0.25) is 10.0 Å². The van der Waals surface area contributed by atoms with Gasteiger partial charge in [0.15, 0.2) is 0 Å². The molecule has 0 aliphatic rings. The second-order valence-corrected chi connectivity index (χ2v) is 6.43. The summed E-state index contributed by atoms with van der Waals surface area (Å²) in [4.78, 5) is 10.8. The number of para-hydroxylation sites is 1. The van der Waals surface area contributed by atoms with E-state index in [2.05, 4.69) is 4.57 Å². The maximum atomic E-state index is 10.8. The first kappa shape index (κ1) is 16.6. The lowest BCUT2D eigenvalue weighted by Crippen LogP contribution is -2.00. The lowest BCUT2D eigenvalue weighted by atomic mass is 10.1. The van der Waals surface area contributed by atoms with E-state index in [1.165, 1.54) is 0 Å². The fraction of sp³-hybridized carbons (Fsp3) is 0.105. The van der Waals surface area contributed by atoms with Crippen LogP contribution in [0.4, 0.5) is 0 Å². The van der Waals surface area contributed by atoms with E-state index in [1.807, 2.05) is 43.5 Å². The van der Waals surface area contributed by atoms with Crippen molar-refractivity contribution in [2.75, 3.05) is 0 Å². The molecular weight excluding hydrogens is 345 g/mol. The van der Waals surface area contributed by atoms with Gasteiger partial charge in [-0.05, 0) is 41.8 Å². The van der Waals surface area contributed by atoms with Gasteiger partial charge in [-0.1, -0.05) is 47.5 Å². The van der Waals surface area contributed by atoms with Gasteiger partial charge in [-0.15, -0.1) is 0 Å². The Hall–Kier alpha value is -2.23. The van der Waals surface area contributed by atoms with E-state index in [-0.39, 0.29) is 0 Å². The number of aromatic nitrogens is 1. The first-order valence-electron chi connectivity index (χ1n) is 7.39. The molecule has 3 rings (SSSR count). The number of carboxylic acids is 1. The van der Waals surface area contributed by atoms with E-state index < -0.39 is 5.97 Å². The third-order valence-electron chi connectivity index (χ3n) is 3.89. The van der Waals surface area contributed by atoms with Crippen molar-refractivity contribution in [1.29, 1.82) is 0 Å². The molecule has 0 spiro atoms. The number of carbonyl (C=O) groups is 1. The maximum Gasteiger partial charge on any atom is 0.328 e. The zero-order valence-electron chi connectivity index (χ0n) is 13.0. The Labute approximate surface area is 149 Å². The molecule has 1 N–H and O–H groups in total. The molecule has 3 aromatic rings. The highest BCUT2D eigenvalue weighted by atomic mass is 35.5. The first-order valence-corrected chi connectivity index (χ1v) is 8.14. The van der Waals surface area contributed by atoms with Gasteiger partial charge >= 0.3 is 5.97 Å². The molecule has 0 aliphatic carbocycles. The normalized spacial score (nSPS) is 11.5. The SMILES string of the molecule is Cc1cn(Cc2ccc(Cl)cc2Cl)c2c(/C=C/C(=O)O)cccc12. The van der Waals surface area contributed by atoms with Crippen molar-refractivity contribution in [3.63, 3.8) is 0 Å². The van der Waals surface area contributed by atoms with Crippen molar-refractivity contribution in [3.8, 4) is 0 Å². The molecule has 0 saturated carbocycles. The second kappa shape index (κ2) is 6.71. The van der Waals surface area contributed by atoms with Crippen LogP contribution in [0, 0.1) is 6.92 Å². The quantitative estimate of drug-likeness (QED) is 0.633. The van der Waals surface area contributed by atoms with Crippen molar-refractivity contribution in [2.45, 2.75) is 13.5 Å². The molecule has 0 fully saturated rings. The van der Waals surface area contributed by atoms with E-state index >= 15 is 0 Å². The third kappa shape index (κ3) is 3.32. The van der Waals surface area contributed by atoms with Gasteiger partial charge in [-0.2, -0.15) is 0 Å². The minimum absolute atomic E-state index is 0.582. The van der Waals surface area contributed by atoms with Gasteiger partial charge in [-0.25, -0.2) is 4.79 Å². The summed E-state index contributed by atoms with van der Waals surface area (Å²) in [5, 5.41) is 11.2. The van der Waals surface area contributed by atoms with Crippen LogP contribution >= 0.6 is 23.2 Å². The molecule has 24 heavy (non-hydrogen) atoms. The molecule has 0 amide bonds. The van der Waals surface area contributed by atoms with Crippen molar-refractivity contribution in [3.05, 3.63) is 75.4 Å². The number of hydrogen-bond donors (Lipinski definition) is 1. The summed E-state index contributed by atoms with van der Waals surface area (Å²) in [5.74, 6) is -0.970. The molecule has 0 radical (unpaired) electrons. The summed E-state index contributed by atoms with van der Waals surface area (Å²) in [7, 11) is 0. The van der Waals surface area contributed by atoms with E-state index in [4.69, 9.17) is 28.3 Å². The summed E-state index contributed by atoms with van der Waals surface area (Å²) < 4.78 is 2.08. The Kier molecular flexibility index (Phi) is 4.65. The van der Waals surface area contributed by atoms with E-state index in [9.17, 15) is 4.79 Å². The van der Waals surface area contributed by atoms with Crippen LogP contribution in [-0.4, -0.2) is 15.6 Å². The van der Waals surface area contributed by atoms with E-state index in [1.54, 1.807) is 12.1 Å². The monoisotopic (exact) mass is 359 g/mol. The summed E-state index contributed by atoms with van der Waals surface area (Å²) in [6, 6.07) is 11.3. The minimum atomic E-state index is -0.970. The molecule has 5 heteroatoms. The summed E-state index contributed by atoms with van der Waals surface area (Å²) in [6.45, 7) is 2.62. The molecular formula is C19H15Cl2NO2. The molecule has 1 heterocycles. The zero-order chi connectivity index (χ0) is 17.3. The number of fused-ring (bicyclic) bond motifs is 1. The Morgan fingerprint density at radius 2 is 2.04 bits per heavy atom. The average Bonchev–Trinajstić information content (AvgIpc) is 2.85. The minimum Gasteiger partial charge on any atom is -0.478 e. The number of aryl methyl sites for hydroxylation is 1. The number of carboxylic acid groups (broad SMARTS) is 1. The molecule has 0 saturated heterocycles.